The monoisotopic (exact) mass is 302 g/mol. The third kappa shape index (κ3) is 5.21. The highest BCUT2D eigenvalue weighted by Gasteiger charge is 2.32. The van der Waals surface area contributed by atoms with Crippen molar-refractivity contribution in [2.45, 2.75) is 38.7 Å². The van der Waals surface area contributed by atoms with E-state index in [-0.39, 0.29) is 5.75 Å². The van der Waals surface area contributed by atoms with Gasteiger partial charge in [0, 0.05) is 18.2 Å². The maximum atomic E-state index is 12.4. The molecule has 1 aliphatic heterocycles. The third-order valence-electron chi connectivity index (χ3n) is 3.81. The maximum absolute atomic E-state index is 12.4. The number of hydrogen-bond acceptors (Lipinski definition) is 3. The zero-order valence-electron chi connectivity index (χ0n) is 12.1. The minimum Gasteiger partial charge on any atom is -0.405 e. The number of hydrogen-bond donors (Lipinski definition) is 1. The second-order valence-electron chi connectivity index (χ2n) is 5.24. The van der Waals surface area contributed by atoms with E-state index in [2.05, 4.69) is 21.9 Å². The number of nitrogens with zero attached hydrogens (tertiary/aromatic N) is 1. The van der Waals surface area contributed by atoms with Crippen molar-refractivity contribution in [1.29, 1.82) is 0 Å². The fourth-order valence-corrected chi connectivity index (χ4v) is 2.58. The summed E-state index contributed by atoms with van der Waals surface area (Å²) in [6.07, 6.45) is -2.60. The first-order chi connectivity index (χ1) is 9.98. The summed E-state index contributed by atoms with van der Waals surface area (Å²) in [7, 11) is 0. The van der Waals surface area contributed by atoms with Crippen molar-refractivity contribution in [3.8, 4) is 5.75 Å². The molecule has 0 bridgehead atoms. The van der Waals surface area contributed by atoms with Gasteiger partial charge in [-0.15, -0.1) is 13.2 Å². The Kier molecular flexibility index (Phi) is 5.47. The third-order valence-corrected chi connectivity index (χ3v) is 3.81. The largest absolute Gasteiger partial charge is 0.573 e. The lowest BCUT2D eigenvalue weighted by atomic mass is 10.0. The number of para-hydroxylation sites is 1. The molecule has 1 aromatic carbocycles. The van der Waals surface area contributed by atoms with Crippen LogP contribution >= 0.6 is 0 Å². The van der Waals surface area contributed by atoms with Gasteiger partial charge in [-0.05, 0) is 38.5 Å². The van der Waals surface area contributed by atoms with Gasteiger partial charge < -0.3 is 15.0 Å². The summed E-state index contributed by atoms with van der Waals surface area (Å²) in [5, 5.41) is 3.33. The molecule has 2 rings (SSSR count). The molecule has 1 saturated heterocycles. The van der Waals surface area contributed by atoms with E-state index in [0.717, 1.165) is 32.5 Å². The molecule has 1 aliphatic rings. The Morgan fingerprint density at radius 3 is 2.52 bits per heavy atom. The van der Waals surface area contributed by atoms with E-state index >= 15 is 0 Å². The number of halogens is 3. The molecule has 0 aromatic heterocycles. The lowest BCUT2D eigenvalue weighted by Crippen LogP contribution is -2.42. The van der Waals surface area contributed by atoms with Gasteiger partial charge in [-0.1, -0.05) is 25.1 Å². The van der Waals surface area contributed by atoms with E-state index in [1.165, 1.54) is 6.07 Å². The zero-order chi connectivity index (χ0) is 15.3. The highest BCUT2D eigenvalue weighted by Crippen LogP contribution is 2.26. The second kappa shape index (κ2) is 7.13. The predicted octanol–water partition coefficient (Wildman–Crippen LogP) is 3.16. The first kappa shape index (κ1) is 16.1. The van der Waals surface area contributed by atoms with Gasteiger partial charge in [-0.2, -0.15) is 0 Å². The van der Waals surface area contributed by atoms with Gasteiger partial charge in [-0.3, -0.25) is 0 Å². The predicted molar refractivity (Wildman–Crippen MR) is 75.1 cm³/mol. The van der Waals surface area contributed by atoms with Gasteiger partial charge in [0.1, 0.15) is 5.75 Å². The minimum atomic E-state index is -4.65. The molecular formula is C15H21F3N2O. The summed E-state index contributed by atoms with van der Waals surface area (Å²) in [6.45, 7) is 5.65. The van der Waals surface area contributed by atoms with Crippen molar-refractivity contribution in [1.82, 2.24) is 10.2 Å². The summed E-state index contributed by atoms with van der Waals surface area (Å²) < 4.78 is 41.1. The van der Waals surface area contributed by atoms with E-state index in [0.29, 0.717) is 18.2 Å². The molecule has 0 unspecified atom stereocenters. The van der Waals surface area contributed by atoms with Crippen LogP contribution in [0.4, 0.5) is 13.2 Å². The molecule has 3 nitrogen and oxygen atoms in total. The SMILES string of the molecule is CCN1CCC(NCc2ccccc2OC(F)(F)F)CC1. The number of nitrogens with one attached hydrogen (secondary N) is 1. The van der Waals surface area contributed by atoms with E-state index in [4.69, 9.17) is 0 Å². The Hall–Kier alpha value is -1.27. The Morgan fingerprint density at radius 1 is 1.24 bits per heavy atom. The molecule has 0 radical (unpaired) electrons. The molecule has 6 heteroatoms. The van der Waals surface area contributed by atoms with Crippen molar-refractivity contribution in [3.05, 3.63) is 29.8 Å². The number of rotatable bonds is 5. The van der Waals surface area contributed by atoms with Crippen LogP contribution in [0.15, 0.2) is 24.3 Å². The summed E-state index contributed by atoms with van der Waals surface area (Å²) >= 11 is 0. The van der Waals surface area contributed by atoms with Crippen LogP contribution in [0.3, 0.4) is 0 Å². The van der Waals surface area contributed by atoms with Crippen molar-refractivity contribution < 1.29 is 17.9 Å². The molecule has 1 fully saturated rings. The number of benzene rings is 1. The van der Waals surface area contributed by atoms with E-state index in [1.54, 1.807) is 18.2 Å². The normalized spacial score (nSPS) is 17.9. The second-order valence-corrected chi connectivity index (χ2v) is 5.24. The van der Waals surface area contributed by atoms with Crippen LogP contribution in [0.5, 0.6) is 5.75 Å². The van der Waals surface area contributed by atoms with E-state index in [9.17, 15) is 13.2 Å². The molecule has 1 heterocycles. The molecule has 0 atom stereocenters. The van der Waals surface area contributed by atoms with Gasteiger partial charge in [-0.25, -0.2) is 0 Å². The van der Waals surface area contributed by atoms with E-state index in [1.807, 2.05) is 0 Å². The molecule has 21 heavy (non-hydrogen) atoms. The first-order valence-corrected chi connectivity index (χ1v) is 7.27. The molecule has 0 amide bonds. The molecule has 1 N–H and O–H groups in total. The topological polar surface area (TPSA) is 24.5 Å². The minimum absolute atomic E-state index is 0.122. The Balaban J connectivity index is 1.89. The van der Waals surface area contributed by atoms with Crippen LogP contribution < -0.4 is 10.1 Å². The summed E-state index contributed by atoms with van der Waals surface area (Å²) in [6, 6.07) is 6.63. The average molecular weight is 302 g/mol. The van der Waals surface area contributed by atoms with Crippen LogP contribution in [0.2, 0.25) is 0 Å². The van der Waals surface area contributed by atoms with Crippen molar-refractivity contribution in [2.75, 3.05) is 19.6 Å². The molecular weight excluding hydrogens is 281 g/mol. The fourth-order valence-electron chi connectivity index (χ4n) is 2.58. The molecule has 0 spiro atoms. The average Bonchev–Trinajstić information content (AvgIpc) is 2.45. The highest BCUT2D eigenvalue weighted by molar-refractivity contribution is 5.33. The number of alkyl halides is 3. The zero-order valence-corrected chi connectivity index (χ0v) is 12.1. The highest BCUT2D eigenvalue weighted by atomic mass is 19.4. The van der Waals surface area contributed by atoms with Gasteiger partial charge >= 0.3 is 6.36 Å². The fraction of sp³-hybridized carbons (Fsp3) is 0.600. The van der Waals surface area contributed by atoms with Crippen LogP contribution in [0, 0.1) is 0 Å². The van der Waals surface area contributed by atoms with Crippen molar-refractivity contribution in [3.63, 3.8) is 0 Å². The van der Waals surface area contributed by atoms with Gasteiger partial charge in [0.2, 0.25) is 0 Å². The van der Waals surface area contributed by atoms with Crippen molar-refractivity contribution in [2.24, 2.45) is 0 Å². The Morgan fingerprint density at radius 2 is 1.90 bits per heavy atom. The summed E-state index contributed by atoms with van der Waals surface area (Å²) in [5.41, 5.74) is 0.535. The smallest absolute Gasteiger partial charge is 0.405 e. The molecule has 1 aromatic rings. The van der Waals surface area contributed by atoms with Crippen molar-refractivity contribution >= 4 is 0 Å². The molecule has 0 saturated carbocycles. The number of ether oxygens (including phenoxy) is 1. The van der Waals surface area contributed by atoms with Gasteiger partial charge in [0.15, 0.2) is 0 Å². The van der Waals surface area contributed by atoms with Crippen LogP contribution in [-0.2, 0) is 6.54 Å². The quantitative estimate of drug-likeness (QED) is 0.904. The van der Waals surface area contributed by atoms with Crippen LogP contribution in [0.25, 0.3) is 0 Å². The lowest BCUT2D eigenvalue weighted by molar-refractivity contribution is -0.274. The van der Waals surface area contributed by atoms with E-state index < -0.39 is 6.36 Å². The number of piperidine rings is 1. The molecule has 118 valence electrons. The first-order valence-electron chi connectivity index (χ1n) is 7.27. The van der Waals surface area contributed by atoms with Crippen LogP contribution in [0.1, 0.15) is 25.3 Å². The molecule has 0 aliphatic carbocycles. The van der Waals surface area contributed by atoms with Crippen LogP contribution in [-0.4, -0.2) is 36.9 Å². The van der Waals surface area contributed by atoms with Gasteiger partial charge in [0.05, 0.1) is 0 Å². The Bertz CT molecular complexity index is 443. The lowest BCUT2D eigenvalue weighted by Gasteiger charge is -2.31. The van der Waals surface area contributed by atoms with Gasteiger partial charge in [0.25, 0.3) is 0 Å². The standard InChI is InChI=1S/C15H21F3N2O/c1-2-20-9-7-13(8-10-20)19-11-12-5-3-4-6-14(12)21-15(16,17)18/h3-6,13,19H,2,7-11H2,1H3. The number of likely N-dealkylation sites (tertiary alicyclic amines) is 1. The summed E-state index contributed by atoms with van der Waals surface area (Å²) in [5.74, 6) is -0.122. The summed E-state index contributed by atoms with van der Waals surface area (Å²) in [4.78, 5) is 2.37. The maximum Gasteiger partial charge on any atom is 0.573 e. The Labute approximate surface area is 123 Å².